The molecule has 30 heavy (non-hydrogen) atoms. The van der Waals surface area contributed by atoms with Crippen LogP contribution < -0.4 is 15.4 Å². The molecule has 1 unspecified atom stereocenters. The molecule has 0 spiro atoms. The molecular weight excluding hydrogens is 384 g/mol. The average molecular weight is 417 g/mol. The van der Waals surface area contributed by atoms with Crippen LogP contribution in [0.25, 0.3) is 0 Å². The van der Waals surface area contributed by atoms with Crippen LogP contribution in [0.5, 0.6) is 5.75 Å². The first-order valence-corrected chi connectivity index (χ1v) is 10.4. The van der Waals surface area contributed by atoms with Crippen LogP contribution in [0.15, 0.2) is 24.3 Å². The van der Waals surface area contributed by atoms with Gasteiger partial charge in [0.25, 0.3) is 0 Å². The molecule has 1 saturated heterocycles. The molecule has 8 nitrogen and oxygen atoms in total. The minimum atomic E-state index is -0.539. The Balaban J connectivity index is 1.64. The lowest BCUT2D eigenvalue weighted by molar-refractivity contribution is -0.126. The molecule has 2 N–H and O–H groups in total. The van der Waals surface area contributed by atoms with Gasteiger partial charge in [0.15, 0.2) is 0 Å². The van der Waals surface area contributed by atoms with Crippen LogP contribution in [0.1, 0.15) is 39.2 Å². The second-order valence-electron chi connectivity index (χ2n) is 8.34. The van der Waals surface area contributed by atoms with Crippen LogP contribution in [0, 0.1) is 17.2 Å². The van der Waals surface area contributed by atoms with Crippen molar-refractivity contribution in [1.82, 2.24) is 15.5 Å². The largest absolute Gasteiger partial charge is 0.492 e. The van der Waals surface area contributed by atoms with Crippen LogP contribution in [0.3, 0.4) is 0 Å². The molecule has 1 aliphatic heterocycles. The van der Waals surface area contributed by atoms with Gasteiger partial charge in [-0.05, 0) is 64.4 Å². The molecule has 2 rings (SSSR count). The molecule has 0 radical (unpaired) electrons. The fourth-order valence-electron chi connectivity index (χ4n) is 3.20. The van der Waals surface area contributed by atoms with Gasteiger partial charge < -0.3 is 20.1 Å². The number of carbonyl (C=O) groups excluding carboxylic acids is 2. The second kappa shape index (κ2) is 11.4. The van der Waals surface area contributed by atoms with Crippen molar-refractivity contribution in [3.8, 4) is 11.8 Å². The molecule has 1 aromatic rings. The topological polar surface area (TPSA) is 104 Å². The van der Waals surface area contributed by atoms with Crippen molar-refractivity contribution in [2.24, 2.45) is 5.92 Å². The van der Waals surface area contributed by atoms with Crippen molar-refractivity contribution in [2.75, 3.05) is 39.3 Å². The molecule has 0 saturated carbocycles. The third kappa shape index (κ3) is 8.70. The highest BCUT2D eigenvalue weighted by Gasteiger charge is 2.25. The van der Waals surface area contributed by atoms with Gasteiger partial charge in [-0.25, -0.2) is 4.79 Å². The molecule has 0 aliphatic carbocycles. The Labute approximate surface area is 178 Å². The van der Waals surface area contributed by atoms with Gasteiger partial charge in [-0.3, -0.25) is 9.69 Å². The van der Waals surface area contributed by atoms with E-state index in [0.717, 1.165) is 31.7 Å². The molecule has 1 aromatic carbocycles. The fourth-order valence-corrected chi connectivity index (χ4v) is 3.20. The number of nitriles is 1. The van der Waals surface area contributed by atoms with Crippen molar-refractivity contribution in [1.29, 1.82) is 5.26 Å². The van der Waals surface area contributed by atoms with Crippen LogP contribution >= 0.6 is 0 Å². The van der Waals surface area contributed by atoms with Crippen LogP contribution in [-0.2, 0) is 9.53 Å². The summed E-state index contributed by atoms with van der Waals surface area (Å²) in [5.41, 5.74) is 0.0661. The third-order valence-corrected chi connectivity index (χ3v) is 4.63. The first-order valence-electron chi connectivity index (χ1n) is 10.4. The number of ether oxygens (including phenoxy) is 2. The highest BCUT2D eigenvalue weighted by molar-refractivity contribution is 5.79. The summed E-state index contributed by atoms with van der Waals surface area (Å²) >= 11 is 0. The van der Waals surface area contributed by atoms with Gasteiger partial charge in [0.05, 0.1) is 17.6 Å². The molecule has 2 amide bonds. The van der Waals surface area contributed by atoms with Crippen molar-refractivity contribution in [3.63, 3.8) is 0 Å². The summed E-state index contributed by atoms with van der Waals surface area (Å²) in [5, 5.41) is 14.3. The van der Waals surface area contributed by atoms with Crippen molar-refractivity contribution < 1.29 is 19.1 Å². The van der Waals surface area contributed by atoms with Gasteiger partial charge in [-0.2, -0.15) is 5.26 Å². The Kier molecular flexibility index (Phi) is 8.93. The first-order chi connectivity index (χ1) is 14.3. The number of nitrogens with one attached hydrogen (secondary N) is 2. The normalized spacial score (nSPS) is 16.9. The van der Waals surface area contributed by atoms with Crippen molar-refractivity contribution in [3.05, 3.63) is 29.8 Å². The monoisotopic (exact) mass is 416 g/mol. The average Bonchev–Trinajstić information content (AvgIpc) is 2.70. The van der Waals surface area contributed by atoms with E-state index in [-0.39, 0.29) is 11.8 Å². The lowest BCUT2D eigenvalue weighted by Gasteiger charge is -2.31. The number of carbonyl (C=O) groups is 2. The third-order valence-electron chi connectivity index (χ3n) is 4.63. The molecule has 1 atom stereocenters. The molecule has 0 bridgehead atoms. The van der Waals surface area contributed by atoms with E-state index in [2.05, 4.69) is 21.6 Å². The van der Waals surface area contributed by atoms with Crippen molar-refractivity contribution >= 4 is 12.0 Å². The quantitative estimate of drug-likeness (QED) is 0.630. The van der Waals surface area contributed by atoms with E-state index < -0.39 is 11.7 Å². The predicted octanol–water partition coefficient (Wildman–Crippen LogP) is 2.29. The molecular formula is C22H32N4O4. The summed E-state index contributed by atoms with van der Waals surface area (Å²) in [6.45, 7) is 9.02. The van der Waals surface area contributed by atoms with Gasteiger partial charge >= 0.3 is 6.09 Å². The Morgan fingerprint density at radius 3 is 2.57 bits per heavy atom. The van der Waals surface area contributed by atoms with E-state index in [4.69, 9.17) is 14.7 Å². The zero-order valence-electron chi connectivity index (χ0n) is 18.1. The molecule has 1 fully saturated rings. The van der Waals surface area contributed by atoms with E-state index in [9.17, 15) is 9.59 Å². The number of nitrogens with zero attached hydrogens (tertiary/aromatic N) is 2. The number of alkyl carbamates (subject to hydrolysis) is 1. The zero-order chi connectivity index (χ0) is 22.0. The maximum absolute atomic E-state index is 12.4. The summed E-state index contributed by atoms with van der Waals surface area (Å²) < 4.78 is 10.9. The van der Waals surface area contributed by atoms with Crippen LogP contribution in [0.2, 0.25) is 0 Å². The number of likely N-dealkylation sites (tertiary alicyclic amines) is 1. The lowest BCUT2D eigenvalue weighted by Crippen LogP contribution is -2.45. The Morgan fingerprint density at radius 1 is 1.20 bits per heavy atom. The smallest absolute Gasteiger partial charge is 0.407 e. The summed E-state index contributed by atoms with van der Waals surface area (Å²) in [7, 11) is 0. The standard InChI is InChI=1S/C22H32N4O4/c1-22(2,3)30-21(28)25-11-10-24-20(27)18-5-4-12-26(16-18)13-14-29-19-8-6-17(15-23)7-9-19/h6-9,18H,4-5,10-14,16H2,1-3H3,(H,24,27)(H,25,28). The minimum Gasteiger partial charge on any atom is -0.492 e. The number of benzene rings is 1. The molecule has 1 aliphatic rings. The maximum Gasteiger partial charge on any atom is 0.407 e. The van der Waals surface area contributed by atoms with Gasteiger partial charge in [0.2, 0.25) is 5.91 Å². The SMILES string of the molecule is CC(C)(C)OC(=O)NCCNC(=O)C1CCCN(CCOc2ccc(C#N)cc2)C1. The number of piperidine rings is 1. The van der Waals surface area contributed by atoms with Gasteiger partial charge in [-0.1, -0.05) is 0 Å². The number of rotatable bonds is 8. The summed E-state index contributed by atoms with van der Waals surface area (Å²) in [5.74, 6) is 0.687. The maximum atomic E-state index is 12.4. The number of hydrogen-bond acceptors (Lipinski definition) is 6. The molecule has 0 aromatic heterocycles. The molecule has 164 valence electrons. The number of amides is 2. The second-order valence-corrected chi connectivity index (χ2v) is 8.34. The van der Waals surface area contributed by atoms with E-state index in [1.165, 1.54) is 0 Å². The summed E-state index contributed by atoms with van der Waals surface area (Å²) in [6, 6.07) is 9.12. The van der Waals surface area contributed by atoms with E-state index >= 15 is 0 Å². The predicted molar refractivity (Wildman–Crippen MR) is 113 cm³/mol. The molecule has 8 heteroatoms. The highest BCUT2D eigenvalue weighted by Crippen LogP contribution is 2.17. The zero-order valence-corrected chi connectivity index (χ0v) is 18.1. The lowest BCUT2D eigenvalue weighted by atomic mass is 9.97. The number of hydrogen-bond donors (Lipinski definition) is 2. The Bertz CT molecular complexity index is 737. The van der Waals surface area contributed by atoms with E-state index in [1.54, 1.807) is 45.0 Å². The van der Waals surface area contributed by atoms with Gasteiger partial charge in [-0.15, -0.1) is 0 Å². The first kappa shape index (κ1) is 23.5. The van der Waals surface area contributed by atoms with Gasteiger partial charge in [0.1, 0.15) is 18.0 Å². The van der Waals surface area contributed by atoms with Crippen LogP contribution in [-0.4, -0.2) is 61.8 Å². The van der Waals surface area contributed by atoms with E-state index in [0.29, 0.717) is 31.8 Å². The van der Waals surface area contributed by atoms with Gasteiger partial charge in [0, 0.05) is 26.2 Å². The summed E-state index contributed by atoms with van der Waals surface area (Å²) in [6.07, 6.45) is 1.34. The molecule has 1 heterocycles. The van der Waals surface area contributed by atoms with Crippen molar-refractivity contribution in [2.45, 2.75) is 39.2 Å². The minimum absolute atomic E-state index is 0.0127. The Hall–Kier alpha value is -2.79. The summed E-state index contributed by atoms with van der Waals surface area (Å²) in [4.78, 5) is 26.3. The fraction of sp³-hybridized carbons (Fsp3) is 0.591. The highest BCUT2D eigenvalue weighted by atomic mass is 16.6. The van der Waals surface area contributed by atoms with E-state index in [1.807, 2.05) is 0 Å². The van der Waals surface area contributed by atoms with Crippen LogP contribution in [0.4, 0.5) is 4.79 Å². The Morgan fingerprint density at radius 2 is 1.90 bits per heavy atom.